The molecule has 1 fully saturated rings. The Morgan fingerprint density at radius 1 is 1.35 bits per heavy atom. The molecule has 2 aromatic heterocycles. The molecule has 1 N–H and O–H groups in total. The van der Waals surface area contributed by atoms with Gasteiger partial charge in [-0.25, -0.2) is 0 Å². The summed E-state index contributed by atoms with van der Waals surface area (Å²) in [5.41, 5.74) is 0. The third-order valence-corrected chi connectivity index (χ3v) is 5.16. The Kier molecular flexibility index (Phi) is 4.87. The summed E-state index contributed by atoms with van der Waals surface area (Å²) in [4.78, 5) is 1.51. The van der Waals surface area contributed by atoms with Gasteiger partial charge in [0.2, 0.25) is 0 Å². The van der Waals surface area contributed by atoms with E-state index in [2.05, 4.69) is 27.9 Å². The van der Waals surface area contributed by atoms with Gasteiger partial charge in [0.25, 0.3) is 0 Å². The number of hydrogen-bond donors (Lipinski definition) is 1. The Hall–Kier alpha value is -1.13. The average molecular weight is 289 g/mol. The molecule has 0 radical (unpaired) electrons. The molecule has 0 amide bonds. The van der Waals surface area contributed by atoms with Crippen molar-refractivity contribution in [2.45, 2.75) is 44.7 Å². The van der Waals surface area contributed by atoms with Crippen LogP contribution in [0.1, 0.15) is 43.0 Å². The third-order valence-electron chi connectivity index (χ3n) is 4.21. The van der Waals surface area contributed by atoms with Crippen molar-refractivity contribution in [3.8, 4) is 0 Å². The largest absolute Gasteiger partial charge is 0.309 e. The summed E-state index contributed by atoms with van der Waals surface area (Å²) in [5.74, 6) is 0.832. The fourth-order valence-electron chi connectivity index (χ4n) is 3.19. The van der Waals surface area contributed by atoms with Crippen LogP contribution in [0.25, 0.3) is 0 Å². The van der Waals surface area contributed by atoms with E-state index >= 15 is 0 Å². The van der Waals surface area contributed by atoms with Crippen molar-refractivity contribution < 1.29 is 0 Å². The van der Waals surface area contributed by atoms with E-state index < -0.39 is 0 Å². The predicted octanol–water partition coefficient (Wildman–Crippen LogP) is 3.86. The summed E-state index contributed by atoms with van der Waals surface area (Å²) in [6.45, 7) is 2.07. The highest BCUT2D eigenvalue weighted by Gasteiger charge is 2.26. The first-order valence-corrected chi connectivity index (χ1v) is 8.55. The summed E-state index contributed by atoms with van der Waals surface area (Å²) in [5, 5.41) is 10.2. The molecule has 0 bridgehead atoms. The molecular weight excluding hydrogens is 266 g/mol. The maximum absolute atomic E-state index is 4.25. The number of thiophene rings is 1. The number of nitrogens with zero attached hydrogens (tertiary/aromatic N) is 2. The van der Waals surface area contributed by atoms with Crippen molar-refractivity contribution in [1.29, 1.82) is 0 Å². The first-order valence-electron chi connectivity index (χ1n) is 7.68. The van der Waals surface area contributed by atoms with Crippen molar-refractivity contribution in [2.24, 2.45) is 5.92 Å². The van der Waals surface area contributed by atoms with E-state index in [9.17, 15) is 0 Å². The van der Waals surface area contributed by atoms with Crippen LogP contribution in [-0.4, -0.2) is 16.3 Å². The Labute approximate surface area is 125 Å². The second-order valence-corrected chi connectivity index (χ2v) is 6.59. The molecule has 20 heavy (non-hydrogen) atoms. The van der Waals surface area contributed by atoms with Crippen LogP contribution in [0.5, 0.6) is 0 Å². The van der Waals surface area contributed by atoms with Crippen LogP contribution in [0.15, 0.2) is 36.0 Å². The molecule has 1 atom stereocenters. The molecule has 2 heterocycles. The minimum Gasteiger partial charge on any atom is -0.309 e. The molecule has 1 aliphatic carbocycles. The quantitative estimate of drug-likeness (QED) is 0.785. The van der Waals surface area contributed by atoms with E-state index in [1.807, 2.05) is 34.5 Å². The average Bonchev–Trinajstić information content (AvgIpc) is 3.22. The first-order chi connectivity index (χ1) is 9.93. The number of aryl methyl sites for hydroxylation is 1. The van der Waals surface area contributed by atoms with Gasteiger partial charge in [-0.1, -0.05) is 18.9 Å². The smallest absolute Gasteiger partial charge is 0.0489 e. The number of hydrogen-bond acceptors (Lipinski definition) is 3. The highest BCUT2D eigenvalue weighted by Crippen LogP contribution is 2.37. The molecule has 1 saturated carbocycles. The van der Waals surface area contributed by atoms with Crippen molar-refractivity contribution in [3.63, 3.8) is 0 Å². The van der Waals surface area contributed by atoms with Crippen molar-refractivity contribution in [2.75, 3.05) is 6.54 Å². The van der Waals surface area contributed by atoms with Crippen LogP contribution in [0.4, 0.5) is 0 Å². The first kappa shape index (κ1) is 13.8. The molecule has 108 valence electrons. The van der Waals surface area contributed by atoms with Gasteiger partial charge in [0, 0.05) is 29.9 Å². The topological polar surface area (TPSA) is 29.9 Å². The van der Waals surface area contributed by atoms with Gasteiger partial charge in [0.1, 0.15) is 0 Å². The SMILES string of the molecule is c1csc(C(NCCCn2cccn2)C2CCCC2)c1. The maximum Gasteiger partial charge on any atom is 0.0489 e. The summed E-state index contributed by atoms with van der Waals surface area (Å²) < 4.78 is 2.01. The van der Waals surface area contributed by atoms with E-state index in [1.54, 1.807) is 0 Å². The van der Waals surface area contributed by atoms with Gasteiger partial charge in [-0.2, -0.15) is 5.10 Å². The van der Waals surface area contributed by atoms with Crippen LogP contribution in [-0.2, 0) is 6.54 Å². The van der Waals surface area contributed by atoms with Gasteiger partial charge in [-0.05, 0) is 49.2 Å². The zero-order valence-electron chi connectivity index (χ0n) is 11.9. The van der Waals surface area contributed by atoms with Gasteiger partial charge in [0.05, 0.1) is 0 Å². The minimum absolute atomic E-state index is 0.565. The Morgan fingerprint density at radius 2 is 2.25 bits per heavy atom. The van der Waals surface area contributed by atoms with Crippen LogP contribution in [0.2, 0.25) is 0 Å². The summed E-state index contributed by atoms with van der Waals surface area (Å²) in [6, 6.07) is 7.01. The molecule has 0 aliphatic heterocycles. The molecule has 0 spiro atoms. The van der Waals surface area contributed by atoms with Crippen LogP contribution in [0.3, 0.4) is 0 Å². The zero-order chi connectivity index (χ0) is 13.6. The lowest BCUT2D eigenvalue weighted by Gasteiger charge is -2.24. The van der Waals surface area contributed by atoms with Crippen LogP contribution < -0.4 is 5.32 Å². The predicted molar refractivity (Wildman–Crippen MR) is 83.9 cm³/mol. The molecule has 3 nitrogen and oxygen atoms in total. The Bertz CT molecular complexity index is 472. The summed E-state index contributed by atoms with van der Waals surface area (Å²) >= 11 is 1.89. The lowest BCUT2D eigenvalue weighted by atomic mass is 9.96. The van der Waals surface area contributed by atoms with Gasteiger partial charge < -0.3 is 5.32 Å². The molecule has 2 aromatic rings. The van der Waals surface area contributed by atoms with Crippen molar-refractivity contribution >= 4 is 11.3 Å². The summed E-state index contributed by atoms with van der Waals surface area (Å²) in [7, 11) is 0. The fraction of sp³-hybridized carbons (Fsp3) is 0.562. The normalized spacial score (nSPS) is 17.6. The third kappa shape index (κ3) is 3.49. The van der Waals surface area contributed by atoms with Crippen LogP contribution in [0, 0.1) is 5.92 Å². The van der Waals surface area contributed by atoms with Gasteiger partial charge >= 0.3 is 0 Å². The van der Waals surface area contributed by atoms with E-state index in [1.165, 1.54) is 30.6 Å². The van der Waals surface area contributed by atoms with E-state index in [0.717, 1.165) is 25.4 Å². The van der Waals surface area contributed by atoms with E-state index in [-0.39, 0.29) is 0 Å². The van der Waals surface area contributed by atoms with Crippen LogP contribution >= 0.6 is 11.3 Å². The molecular formula is C16H23N3S. The van der Waals surface area contributed by atoms with Crippen molar-refractivity contribution in [1.82, 2.24) is 15.1 Å². The minimum atomic E-state index is 0.565. The highest BCUT2D eigenvalue weighted by molar-refractivity contribution is 7.10. The number of rotatable bonds is 7. The monoisotopic (exact) mass is 289 g/mol. The standard InChI is InChI=1S/C16H23N3S/c1-2-7-14(6-1)16(15-8-3-13-20-15)17-9-4-11-19-12-5-10-18-19/h3,5,8,10,12-14,16-17H,1-2,4,6-7,9,11H2. The molecule has 0 saturated heterocycles. The second kappa shape index (κ2) is 7.04. The van der Waals surface area contributed by atoms with Gasteiger partial charge in [-0.15, -0.1) is 11.3 Å². The Morgan fingerprint density at radius 3 is 2.95 bits per heavy atom. The Balaban J connectivity index is 1.51. The molecule has 4 heteroatoms. The number of aromatic nitrogens is 2. The molecule has 1 unspecified atom stereocenters. The summed E-state index contributed by atoms with van der Waals surface area (Å²) in [6.07, 6.45) is 10.6. The van der Waals surface area contributed by atoms with E-state index in [4.69, 9.17) is 0 Å². The highest BCUT2D eigenvalue weighted by atomic mass is 32.1. The van der Waals surface area contributed by atoms with Gasteiger partial charge in [0.15, 0.2) is 0 Å². The lowest BCUT2D eigenvalue weighted by Crippen LogP contribution is -2.28. The maximum atomic E-state index is 4.25. The molecule has 0 aromatic carbocycles. The number of nitrogens with one attached hydrogen (secondary N) is 1. The zero-order valence-corrected chi connectivity index (χ0v) is 12.7. The van der Waals surface area contributed by atoms with E-state index in [0.29, 0.717) is 6.04 Å². The second-order valence-electron chi connectivity index (χ2n) is 5.61. The van der Waals surface area contributed by atoms with Crippen molar-refractivity contribution in [3.05, 3.63) is 40.8 Å². The van der Waals surface area contributed by atoms with Gasteiger partial charge in [-0.3, -0.25) is 4.68 Å². The fourth-order valence-corrected chi connectivity index (χ4v) is 4.08. The molecule has 3 rings (SSSR count). The lowest BCUT2D eigenvalue weighted by molar-refractivity contribution is 0.365. The molecule has 1 aliphatic rings.